The van der Waals surface area contributed by atoms with Gasteiger partial charge in [0, 0.05) is 36.9 Å². The number of nitrogens with zero attached hydrogens (tertiary/aromatic N) is 4. The predicted octanol–water partition coefficient (Wildman–Crippen LogP) is 1.35. The number of carboxylic acids is 1. The molecule has 0 saturated heterocycles. The molecule has 0 atom stereocenters. The summed E-state index contributed by atoms with van der Waals surface area (Å²) in [5, 5.41) is 23.4. The third-order valence-electron chi connectivity index (χ3n) is 5.62. The van der Waals surface area contributed by atoms with Crippen LogP contribution in [0, 0.1) is 5.92 Å². The second-order valence-corrected chi connectivity index (χ2v) is 7.81. The molecule has 2 aromatic rings. The molecule has 0 aromatic carbocycles. The highest BCUT2D eigenvalue weighted by atomic mass is 16.4. The Labute approximate surface area is 163 Å². The summed E-state index contributed by atoms with van der Waals surface area (Å²) in [6.45, 7) is 3.69. The number of aryl methyl sites for hydroxylation is 1. The monoisotopic (exact) mass is 386 g/mol. The fourth-order valence-corrected chi connectivity index (χ4v) is 3.76. The molecule has 2 aliphatic carbocycles. The summed E-state index contributed by atoms with van der Waals surface area (Å²) in [5.41, 5.74) is 1.99. The van der Waals surface area contributed by atoms with Gasteiger partial charge < -0.3 is 10.4 Å². The quantitative estimate of drug-likeness (QED) is 0.599. The van der Waals surface area contributed by atoms with Gasteiger partial charge in [-0.15, -0.1) is 0 Å². The van der Waals surface area contributed by atoms with E-state index >= 15 is 0 Å². The van der Waals surface area contributed by atoms with Gasteiger partial charge in [0.2, 0.25) is 0 Å². The lowest BCUT2D eigenvalue weighted by Crippen LogP contribution is -2.55. The molecule has 4 rings (SSSR count). The average molecular weight is 386 g/mol. The van der Waals surface area contributed by atoms with Gasteiger partial charge in [0.1, 0.15) is 0 Å². The van der Waals surface area contributed by atoms with E-state index in [1.54, 1.807) is 10.9 Å². The topological polar surface area (TPSA) is 116 Å². The van der Waals surface area contributed by atoms with Gasteiger partial charge in [0.15, 0.2) is 0 Å². The summed E-state index contributed by atoms with van der Waals surface area (Å²) in [6, 6.07) is 0.294. The van der Waals surface area contributed by atoms with Gasteiger partial charge in [0.05, 0.1) is 30.2 Å². The van der Waals surface area contributed by atoms with Crippen molar-refractivity contribution in [1.82, 2.24) is 30.2 Å². The number of carbonyl (C=O) groups excluding carboxylic acids is 1. The fourth-order valence-electron chi connectivity index (χ4n) is 3.76. The Kier molecular flexibility index (Phi) is 5.17. The van der Waals surface area contributed by atoms with Crippen LogP contribution >= 0.6 is 0 Å². The lowest BCUT2D eigenvalue weighted by Gasteiger charge is -2.42. The molecule has 0 aliphatic heterocycles. The van der Waals surface area contributed by atoms with E-state index < -0.39 is 5.97 Å². The van der Waals surface area contributed by atoms with Crippen LogP contribution in [0.3, 0.4) is 0 Å². The number of hydrogen-bond acceptors (Lipinski definition) is 5. The first-order valence-electron chi connectivity index (χ1n) is 9.86. The first kappa shape index (κ1) is 18.7. The van der Waals surface area contributed by atoms with Crippen LogP contribution in [0.2, 0.25) is 0 Å². The molecule has 1 amide bonds. The Bertz CT molecular complexity index is 849. The molecule has 9 heteroatoms. The van der Waals surface area contributed by atoms with E-state index in [4.69, 9.17) is 5.11 Å². The molecule has 9 nitrogen and oxygen atoms in total. The van der Waals surface area contributed by atoms with E-state index in [-0.39, 0.29) is 24.5 Å². The van der Waals surface area contributed by atoms with Gasteiger partial charge in [0.25, 0.3) is 5.91 Å². The van der Waals surface area contributed by atoms with E-state index in [2.05, 4.69) is 25.5 Å². The van der Waals surface area contributed by atoms with Crippen LogP contribution in [0.4, 0.5) is 0 Å². The Morgan fingerprint density at radius 3 is 2.79 bits per heavy atom. The standard InChI is InChI=1S/C19H26N6O3/c1-2-25-10-13(7-21-25)18-16(8-20-23-18)19(28)22-14-5-15(6-14)24(11-17(26)27)9-12-3-4-12/h7-8,10,12,14-15H,2-6,9,11H2,1H3,(H,20,23)(H,22,28)(H,26,27). The highest BCUT2D eigenvalue weighted by molar-refractivity contribution is 5.99. The first-order valence-corrected chi connectivity index (χ1v) is 9.86. The fraction of sp³-hybridized carbons (Fsp3) is 0.579. The molecule has 0 spiro atoms. The minimum Gasteiger partial charge on any atom is -0.480 e. The van der Waals surface area contributed by atoms with Crippen LogP contribution in [0.1, 0.15) is 43.0 Å². The molecule has 28 heavy (non-hydrogen) atoms. The van der Waals surface area contributed by atoms with Crippen molar-refractivity contribution in [3.05, 3.63) is 24.2 Å². The summed E-state index contributed by atoms with van der Waals surface area (Å²) in [7, 11) is 0. The molecule has 2 saturated carbocycles. The van der Waals surface area contributed by atoms with E-state index in [0.29, 0.717) is 17.2 Å². The lowest BCUT2D eigenvalue weighted by molar-refractivity contribution is -0.139. The minimum atomic E-state index is -0.788. The third kappa shape index (κ3) is 4.09. The summed E-state index contributed by atoms with van der Waals surface area (Å²) in [5.74, 6) is -0.308. The maximum Gasteiger partial charge on any atom is 0.317 e. The minimum absolute atomic E-state index is 0.0640. The van der Waals surface area contributed by atoms with Crippen molar-refractivity contribution in [2.45, 2.75) is 51.2 Å². The smallest absolute Gasteiger partial charge is 0.317 e. The summed E-state index contributed by atoms with van der Waals surface area (Å²) >= 11 is 0. The molecule has 3 N–H and O–H groups in total. The Morgan fingerprint density at radius 1 is 1.36 bits per heavy atom. The molecule has 2 aliphatic rings. The number of aliphatic carboxylic acids is 1. The molecule has 2 aromatic heterocycles. The number of rotatable bonds is 9. The van der Waals surface area contributed by atoms with Gasteiger partial charge in [-0.2, -0.15) is 10.2 Å². The zero-order chi connectivity index (χ0) is 19.7. The molecular weight excluding hydrogens is 360 g/mol. The zero-order valence-electron chi connectivity index (χ0n) is 16.0. The number of amides is 1. The van der Waals surface area contributed by atoms with Crippen molar-refractivity contribution in [2.24, 2.45) is 5.92 Å². The SMILES string of the molecule is CCn1cc(-c2[nH]ncc2C(=O)NC2CC(N(CC(=O)O)CC3CC3)C2)cn1. The van der Waals surface area contributed by atoms with Gasteiger partial charge in [-0.3, -0.25) is 24.3 Å². The van der Waals surface area contributed by atoms with Crippen molar-refractivity contribution in [2.75, 3.05) is 13.1 Å². The normalized spacial score (nSPS) is 21.5. The third-order valence-corrected chi connectivity index (χ3v) is 5.62. The number of carboxylic acid groups (broad SMARTS) is 1. The number of carbonyl (C=O) groups is 2. The maximum absolute atomic E-state index is 12.7. The largest absolute Gasteiger partial charge is 0.480 e. The van der Waals surface area contributed by atoms with Gasteiger partial charge in [-0.1, -0.05) is 0 Å². The van der Waals surface area contributed by atoms with Crippen LogP contribution in [-0.4, -0.2) is 67.0 Å². The second-order valence-electron chi connectivity index (χ2n) is 7.81. The highest BCUT2D eigenvalue weighted by Gasteiger charge is 2.38. The van der Waals surface area contributed by atoms with Crippen LogP contribution < -0.4 is 5.32 Å². The molecule has 0 radical (unpaired) electrons. The Balaban J connectivity index is 1.34. The van der Waals surface area contributed by atoms with E-state index in [1.165, 1.54) is 19.0 Å². The van der Waals surface area contributed by atoms with Crippen LogP contribution in [0.25, 0.3) is 11.3 Å². The molecule has 150 valence electrons. The van der Waals surface area contributed by atoms with E-state index in [1.807, 2.05) is 13.1 Å². The number of nitrogens with one attached hydrogen (secondary N) is 2. The number of aromatic nitrogens is 4. The van der Waals surface area contributed by atoms with Crippen LogP contribution in [0.5, 0.6) is 0 Å². The van der Waals surface area contributed by atoms with Gasteiger partial charge in [-0.05, 0) is 38.5 Å². The Morgan fingerprint density at radius 2 is 2.14 bits per heavy atom. The molecule has 0 bridgehead atoms. The van der Waals surface area contributed by atoms with Crippen molar-refractivity contribution in [3.8, 4) is 11.3 Å². The molecular formula is C19H26N6O3. The maximum atomic E-state index is 12.7. The predicted molar refractivity (Wildman–Crippen MR) is 102 cm³/mol. The van der Waals surface area contributed by atoms with Crippen molar-refractivity contribution in [3.63, 3.8) is 0 Å². The zero-order valence-corrected chi connectivity index (χ0v) is 16.0. The number of hydrogen-bond donors (Lipinski definition) is 3. The van der Waals surface area contributed by atoms with Crippen molar-refractivity contribution >= 4 is 11.9 Å². The lowest BCUT2D eigenvalue weighted by atomic mass is 9.85. The van der Waals surface area contributed by atoms with Gasteiger partial charge >= 0.3 is 5.97 Å². The Hall–Kier alpha value is -2.68. The van der Waals surface area contributed by atoms with Gasteiger partial charge in [-0.25, -0.2) is 0 Å². The molecule has 2 fully saturated rings. The van der Waals surface area contributed by atoms with Crippen molar-refractivity contribution in [1.29, 1.82) is 0 Å². The number of H-pyrrole nitrogens is 1. The van der Waals surface area contributed by atoms with Crippen LogP contribution in [0.15, 0.2) is 18.6 Å². The highest BCUT2D eigenvalue weighted by Crippen LogP contribution is 2.34. The second kappa shape index (κ2) is 7.75. The first-order chi connectivity index (χ1) is 13.5. The van der Waals surface area contributed by atoms with E-state index in [9.17, 15) is 9.59 Å². The number of aromatic amines is 1. The van der Waals surface area contributed by atoms with Crippen molar-refractivity contribution < 1.29 is 14.7 Å². The summed E-state index contributed by atoms with van der Waals surface area (Å²) < 4.78 is 1.80. The molecule has 2 heterocycles. The average Bonchev–Trinajstić information content (AvgIpc) is 3.11. The summed E-state index contributed by atoms with van der Waals surface area (Å²) in [4.78, 5) is 25.9. The van der Waals surface area contributed by atoms with E-state index in [0.717, 1.165) is 31.5 Å². The molecule has 0 unspecified atom stereocenters. The van der Waals surface area contributed by atoms with Crippen LogP contribution in [-0.2, 0) is 11.3 Å². The summed E-state index contributed by atoms with van der Waals surface area (Å²) in [6.07, 6.45) is 9.09.